The topological polar surface area (TPSA) is 68.9 Å². The molecule has 0 aliphatic carbocycles. The molecule has 1 saturated heterocycles. The lowest BCUT2D eigenvalue weighted by Crippen LogP contribution is -2.43. The van der Waals surface area contributed by atoms with Crippen LogP contribution >= 0.6 is 0 Å². The molecule has 2 heterocycles. The third-order valence-corrected chi connectivity index (χ3v) is 5.41. The van der Waals surface area contributed by atoms with Gasteiger partial charge in [0.1, 0.15) is 5.76 Å². The number of nitrogens with one attached hydrogen (secondary N) is 2. The van der Waals surface area contributed by atoms with E-state index in [1.807, 2.05) is 0 Å². The maximum atomic E-state index is 5.82. The van der Waals surface area contributed by atoms with Crippen LogP contribution in [0.25, 0.3) is 0 Å². The molecule has 1 fully saturated rings. The van der Waals surface area contributed by atoms with Crippen LogP contribution in [0.2, 0.25) is 0 Å². The quantitative estimate of drug-likeness (QED) is 0.561. The third kappa shape index (κ3) is 6.57. The van der Waals surface area contributed by atoms with Gasteiger partial charge in [-0.15, -0.1) is 0 Å². The Bertz CT molecular complexity index is 813. The van der Waals surface area contributed by atoms with E-state index in [0.29, 0.717) is 19.0 Å². The molecule has 1 aromatic heterocycles. The molecular weight excluding hydrogens is 376 g/mol. The van der Waals surface area contributed by atoms with E-state index in [1.54, 1.807) is 13.2 Å². The summed E-state index contributed by atoms with van der Waals surface area (Å²) in [5.41, 5.74) is 2.55. The van der Waals surface area contributed by atoms with Gasteiger partial charge >= 0.3 is 0 Å². The van der Waals surface area contributed by atoms with E-state index in [9.17, 15) is 0 Å². The van der Waals surface area contributed by atoms with Crippen molar-refractivity contribution in [3.05, 3.63) is 53.2 Å². The Balaban J connectivity index is 1.44. The van der Waals surface area contributed by atoms with Crippen molar-refractivity contribution in [1.29, 1.82) is 0 Å². The van der Waals surface area contributed by atoms with Gasteiger partial charge < -0.3 is 20.0 Å². The standard InChI is InChI=1S/C23H36N6O/c1-23(2,3)20-15-25-21(30-20)16-27-22(24-4)26-14-18-6-8-19(9-7-18)17-29-12-10-28(5)11-13-29/h6-9,15H,10-14,16-17H2,1-5H3,(H2,24,26,27). The van der Waals surface area contributed by atoms with Crippen molar-refractivity contribution in [2.45, 2.75) is 45.8 Å². The Hall–Kier alpha value is -2.38. The first-order valence-corrected chi connectivity index (χ1v) is 10.7. The molecular formula is C23H36N6O. The first kappa shape index (κ1) is 22.3. The fraction of sp³-hybridized carbons (Fsp3) is 0.565. The molecule has 7 nitrogen and oxygen atoms in total. The predicted molar refractivity (Wildman–Crippen MR) is 121 cm³/mol. The van der Waals surface area contributed by atoms with Gasteiger partial charge in [0.15, 0.2) is 5.96 Å². The van der Waals surface area contributed by atoms with Crippen LogP contribution in [0, 0.1) is 0 Å². The Morgan fingerprint density at radius 1 is 1.03 bits per heavy atom. The summed E-state index contributed by atoms with van der Waals surface area (Å²) >= 11 is 0. The minimum absolute atomic E-state index is 0.0400. The molecule has 0 saturated carbocycles. The van der Waals surface area contributed by atoms with Crippen molar-refractivity contribution in [3.8, 4) is 0 Å². The van der Waals surface area contributed by atoms with Gasteiger partial charge in [-0.1, -0.05) is 45.0 Å². The Morgan fingerprint density at radius 3 is 2.27 bits per heavy atom. The van der Waals surface area contributed by atoms with E-state index in [-0.39, 0.29) is 5.41 Å². The van der Waals surface area contributed by atoms with E-state index in [0.717, 1.165) is 44.4 Å². The molecule has 1 aromatic carbocycles. The van der Waals surface area contributed by atoms with Gasteiger partial charge in [0, 0.05) is 51.7 Å². The summed E-state index contributed by atoms with van der Waals surface area (Å²) < 4.78 is 5.82. The minimum Gasteiger partial charge on any atom is -0.443 e. The van der Waals surface area contributed by atoms with Crippen LogP contribution < -0.4 is 10.6 Å². The second-order valence-corrected chi connectivity index (χ2v) is 9.04. The van der Waals surface area contributed by atoms with Crippen molar-refractivity contribution in [1.82, 2.24) is 25.4 Å². The summed E-state index contributed by atoms with van der Waals surface area (Å²) in [6.45, 7) is 13.2. The number of benzene rings is 1. The van der Waals surface area contributed by atoms with E-state index < -0.39 is 0 Å². The Morgan fingerprint density at radius 2 is 1.67 bits per heavy atom. The summed E-state index contributed by atoms with van der Waals surface area (Å²) in [6.07, 6.45) is 1.80. The van der Waals surface area contributed by atoms with Crippen LogP contribution in [0.4, 0.5) is 0 Å². The summed E-state index contributed by atoms with van der Waals surface area (Å²) in [5.74, 6) is 2.28. The van der Waals surface area contributed by atoms with Gasteiger partial charge in [0.2, 0.25) is 5.89 Å². The van der Waals surface area contributed by atoms with Crippen LogP contribution in [0.1, 0.15) is 43.5 Å². The Kier molecular flexibility index (Phi) is 7.50. The van der Waals surface area contributed by atoms with Crippen LogP contribution in [0.15, 0.2) is 39.9 Å². The van der Waals surface area contributed by atoms with Gasteiger partial charge in [0.25, 0.3) is 0 Å². The molecule has 3 rings (SSSR count). The number of oxazole rings is 1. The molecule has 164 valence electrons. The highest BCUT2D eigenvalue weighted by molar-refractivity contribution is 5.79. The molecule has 0 bridgehead atoms. The van der Waals surface area contributed by atoms with Crippen molar-refractivity contribution >= 4 is 5.96 Å². The number of guanidine groups is 1. The molecule has 1 aliphatic heterocycles. The largest absolute Gasteiger partial charge is 0.443 e. The predicted octanol–water partition coefficient (Wildman–Crippen LogP) is 2.58. The van der Waals surface area contributed by atoms with Gasteiger partial charge in [-0.3, -0.25) is 9.89 Å². The van der Waals surface area contributed by atoms with E-state index in [1.165, 1.54) is 11.1 Å². The first-order chi connectivity index (χ1) is 14.3. The number of rotatable bonds is 6. The smallest absolute Gasteiger partial charge is 0.213 e. The van der Waals surface area contributed by atoms with E-state index in [2.05, 4.69) is 82.5 Å². The molecule has 0 atom stereocenters. The fourth-order valence-corrected chi connectivity index (χ4v) is 3.33. The van der Waals surface area contributed by atoms with Gasteiger partial charge in [-0.05, 0) is 18.2 Å². The average Bonchev–Trinajstić information content (AvgIpc) is 3.21. The fourth-order valence-electron chi connectivity index (χ4n) is 3.33. The zero-order valence-electron chi connectivity index (χ0n) is 19.0. The zero-order chi connectivity index (χ0) is 21.6. The number of nitrogens with zero attached hydrogens (tertiary/aromatic N) is 4. The van der Waals surface area contributed by atoms with Gasteiger partial charge in [-0.2, -0.15) is 0 Å². The molecule has 30 heavy (non-hydrogen) atoms. The third-order valence-electron chi connectivity index (χ3n) is 5.41. The number of hydrogen-bond donors (Lipinski definition) is 2. The molecule has 7 heteroatoms. The van der Waals surface area contributed by atoms with Crippen molar-refractivity contribution in [2.24, 2.45) is 4.99 Å². The minimum atomic E-state index is -0.0400. The van der Waals surface area contributed by atoms with Crippen LogP contribution in [-0.2, 0) is 25.0 Å². The molecule has 0 spiro atoms. The number of aliphatic imine (C=N–C) groups is 1. The zero-order valence-corrected chi connectivity index (χ0v) is 19.0. The first-order valence-electron chi connectivity index (χ1n) is 10.7. The number of hydrogen-bond acceptors (Lipinski definition) is 5. The summed E-state index contributed by atoms with van der Waals surface area (Å²) in [5, 5.41) is 6.61. The molecule has 2 aromatic rings. The number of piperazine rings is 1. The maximum Gasteiger partial charge on any atom is 0.213 e. The molecule has 2 N–H and O–H groups in total. The average molecular weight is 413 g/mol. The van der Waals surface area contributed by atoms with Crippen LogP contribution in [0.5, 0.6) is 0 Å². The van der Waals surface area contributed by atoms with Crippen molar-refractivity contribution in [3.63, 3.8) is 0 Å². The lowest BCUT2D eigenvalue weighted by Gasteiger charge is -2.32. The highest BCUT2D eigenvalue weighted by Gasteiger charge is 2.19. The maximum absolute atomic E-state index is 5.82. The monoisotopic (exact) mass is 412 g/mol. The molecule has 0 unspecified atom stereocenters. The number of likely N-dealkylation sites (N-methyl/N-ethyl adjacent to an activating group) is 1. The van der Waals surface area contributed by atoms with Crippen molar-refractivity contribution < 1.29 is 4.42 Å². The normalized spacial score (nSPS) is 16.6. The lowest BCUT2D eigenvalue weighted by molar-refractivity contribution is 0.148. The summed E-state index contributed by atoms with van der Waals surface area (Å²) in [6, 6.07) is 8.84. The summed E-state index contributed by atoms with van der Waals surface area (Å²) in [4.78, 5) is 13.5. The SMILES string of the molecule is CN=C(NCc1ccc(CN2CCN(C)CC2)cc1)NCc1ncc(C(C)(C)C)o1. The van der Waals surface area contributed by atoms with Crippen LogP contribution in [0.3, 0.4) is 0 Å². The van der Waals surface area contributed by atoms with Gasteiger partial charge in [-0.25, -0.2) is 4.98 Å². The van der Waals surface area contributed by atoms with Crippen LogP contribution in [-0.4, -0.2) is 61.0 Å². The summed E-state index contributed by atoms with van der Waals surface area (Å²) in [7, 11) is 3.96. The lowest BCUT2D eigenvalue weighted by atomic mass is 9.94. The Labute approximate surface area is 180 Å². The van der Waals surface area contributed by atoms with Crippen molar-refractivity contribution in [2.75, 3.05) is 40.3 Å². The molecule has 1 aliphatic rings. The van der Waals surface area contributed by atoms with Gasteiger partial charge in [0.05, 0.1) is 12.7 Å². The molecule has 0 radical (unpaired) electrons. The highest BCUT2D eigenvalue weighted by atomic mass is 16.4. The second kappa shape index (κ2) is 10.1. The van der Waals surface area contributed by atoms with E-state index >= 15 is 0 Å². The highest BCUT2D eigenvalue weighted by Crippen LogP contribution is 2.22. The van der Waals surface area contributed by atoms with E-state index in [4.69, 9.17) is 4.42 Å². The molecule has 0 amide bonds. The second-order valence-electron chi connectivity index (χ2n) is 9.04. The number of aromatic nitrogens is 1.